The summed E-state index contributed by atoms with van der Waals surface area (Å²) in [6, 6.07) is 0. The molecule has 0 spiro atoms. The lowest BCUT2D eigenvalue weighted by atomic mass is 10.1. The molecule has 2 heteroatoms. The van der Waals surface area contributed by atoms with Crippen molar-refractivity contribution in [3.8, 4) is 11.8 Å². The summed E-state index contributed by atoms with van der Waals surface area (Å²) >= 11 is 0. The van der Waals surface area contributed by atoms with Gasteiger partial charge in [-0.2, -0.15) is 0 Å². The molecule has 0 aliphatic carbocycles. The van der Waals surface area contributed by atoms with E-state index in [0.717, 1.165) is 32.1 Å². The van der Waals surface area contributed by atoms with Crippen LogP contribution in [-0.4, -0.2) is 11.1 Å². The molecule has 2 nitrogen and oxygen atoms in total. The Kier molecular flexibility index (Phi) is 10.9. The molecule has 0 aliphatic heterocycles. The van der Waals surface area contributed by atoms with Crippen molar-refractivity contribution in [3.05, 3.63) is 12.2 Å². The summed E-state index contributed by atoms with van der Waals surface area (Å²) in [6.45, 7) is 1.85. The standard InChI is InChI=1S/C14H22O2/c1-2-3-4-5-6-7-8-9-10-11-12-13-14(15)16/h5-6H,4,7-13H2,1H3,(H,15,16)/b6-5-. The van der Waals surface area contributed by atoms with E-state index in [1.54, 1.807) is 0 Å². The van der Waals surface area contributed by atoms with Crippen molar-refractivity contribution in [1.29, 1.82) is 0 Å². The fraction of sp³-hybridized carbons (Fsp3) is 0.643. The van der Waals surface area contributed by atoms with Gasteiger partial charge in [0.25, 0.3) is 0 Å². The van der Waals surface area contributed by atoms with E-state index in [0.29, 0.717) is 6.42 Å². The Hall–Kier alpha value is -1.23. The first kappa shape index (κ1) is 14.8. The number of carboxylic acid groups (broad SMARTS) is 1. The van der Waals surface area contributed by atoms with Gasteiger partial charge < -0.3 is 5.11 Å². The van der Waals surface area contributed by atoms with E-state index in [1.807, 2.05) is 6.92 Å². The second kappa shape index (κ2) is 11.8. The van der Waals surface area contributed by atoms with Gasteiger partial charge in [-0.3, -0.25) is 4.79 Å². The molecule has 0 bridgehead atoms. The number of rotatable bonds is 9. The van der Waals surface area contributed by atoms with Crippen molar-refractivity contribution in [3.63, 3.8) is 0 Å². The lowest BCUT2D eigenvalue weighted by Gasteiger charge is -1.97. The quantitative estimate of drug-likeness (QED) is 0.366. The van der Waals surface area contributed by atoms with Crippen molar-refractivity contribution < 1.29 is 9.90 Å². The maximum atomic E-state index is 10.2. The maximum Gasteiger partial charge on any atom is 0.303 e. The van der Waals surface area contributed by atoms with Gasteiger partial charge in [0.05, 0.1) is 0 Å². The minimum Gasteiger partial charge on any atom is -0.481 e. The fourth-order valence-corrected chi connectivity index (χ4v) is 1.43. The molecule has 0 saturated heterocycles. The Bertz CT molecular complexity index is 256. The van der Waals surface area contributed by atoms with Crippen LogP contribution in [0.15, 0.2) is 12.2 Å². The molecule has 0 aliphatic rings. The third-order valence-corrected chi connectivity index (χ3v) is 2.32. The molecule has 0 aromatic rings. The van der Waals surface area contributed by atoms with Crippen LogP contribution >= 0.6 is 0 Å². The molecule has 0 heterocycles. The first-order chi connectivity index (χ1) is 7.77. The number of allylic oxidation sites excluding steroid dienone is 2. The Morgan fingerprint density at radius 1 is 1.12 bits per heavy atom. The van der Waals surface area contributed by atoms with Crippen molar-refractivity contribution in [2.45, 2.75) is 58.3 Å². The SMILES string of the molecule is CC#CC/C=C\CCCCCCCC(=O)O. The molecule has 0 atom stereocenters. The van der Waals surface area contributed by atoms with Gasteiger partial charge in [0.2, 0.25) is 0 Å². The fourth-order valence-electron chi connectivity index (χ4n) is 1.43. The van der Waals surface area contributed by atoms with E-state index in [-0.39, 0.29) is 0 Å². The van der Waals surface area contributed by atoms with Crippen LogP contribution in [0, 0.1) is 11.8 Å². The van der Waals surface area contributed by atoms with Crippen LogP contribution in [0.4, 0.5) is 0 Å². The molecule has 16 heavy (non-hydrogen) atoms. The molecule has 90 valence electrons. The Labute approximate surface area is 98.7 Å². The number of carboxylic acids is 1. The summed E-state index contributed by atoms with van der Waals surface area (Å²) in [7, 11) is 0. The van der Waals surface area contributed by atoms with Crippen LogP contribution in [0.5, 0.6) is 0 Å². The summed E-state index contributed by atoms with van der Waals surface area (Å²) in [5, 5.41) is 8.44. The van der Waals surface area contributed by atoms with Crippen molar-refractivity contribution >= 4 is 5.97 Å². The van der Waals surface area contributed by atoms with Crippen LogP contribution in [-0.2, 0) is 4.79 Å². The largest absolute Gasteiger partial charge is 0.481 e. The summed E-state index contributed by atoms with van der Waals surface area (Å²) < 4.78 is 0. The minimum atomic E-state index is -0.681. The van der Waals surface area contributed by atoms with E-state index in [2.05, 4.69) is 24.0 Å². The normalized spacial score (nSPS) is 10.1. The van der Waals surface area contributed by atoms with E-state index in [4.69, 9.17) is 5.11 Å². The third-order valence-electron chi connectivity index (χ3n) is 2.32. The lowest BCUT2D eigenvalue weighted by Crippen LogP contribution is -1.93. The summed E-state index contributed by atoms with van der Waals surface area (Å²) in [5.41, 5.74) is 0. The lowest BCUT2D eigenvalue weighted by molar-refractivity contribution is -0.137. The predicted molar refractivity (Wildman–Crippen MR) is 67.2 cm³/mol. The van der Waals surface area contributed by atoms with Crippen LogP contribution in [0.1, 0.15) is 58.3 Å². The van der Waals surface area contributed by atoms with Crippen molar-refractivity contribution in [2.75, 3.05) is 0 Å². The van der Waals surface area contributed by atoms with Gasteiger partial charge in [-0.05, 0) is 26.2 Å². The second-order valence-corrected chi connectivity index (χ2v) is 3.80. The molecule has 0 aromatic carbocycles. The van der Waals surface area contributed by atoms with E-state index < -0.39 is 5.97 Å². The van der Waals surface area contributed by atoms with Crippen LogP contribution in [0.3, 0.4) is 0 Å². The summed E-state index contributed by atoms with van der Waals surface area (Å²) in [6.07, 6.45) is 12.0. The first-order valence-corrected chi connectivity index (χ1v) is 6.03. The number of aliphatic carboxylic acids is 1. The summed E-state index contributed by atoms with van der Waals surface area (Å²) in [4.78, 5) is 10.2. The van der Waals surface area contributed by atoms with Gasteiger partial charge in [-0.25, -0.2) is 0 Å². The highest BCUT2D eigenvalue weighted by Crippen LogP contribution is 2.07. The average Bonchev–Trinajstić information content (AvgIpc) is 2.25. The van der Waals surface area contributed by atoms with E-state index >= 15 is 0 Å². The zero-order valence-electron chi connectivity index (χ0n) is 10.2. The molecule has 0 saturated carbocycles. The number of carbonyl (C=O) groups is 1. The highest BCUT2D eigenvalue weighted by atomic mass is 16.4. The van der Waals surface area contributed by atoms with Gasteiger partial charge in [-0.15, -0.1) is 5.92 Å². The average molecular weight is 222 g/mol. The predicted octanol–water partition coefficient (Wildman–Crippen LogP) is 3.77. The highest BCUT2D eigenvalue weighted by molar-refractivity contribution is 5.66. The second-order valence-electron chi connectivity index (χ2n) is 3.80. The van der Waals surface area contributed by atoms with Gasteiger partial charge in [0.1, 0.15) is 0 Å². The molecular weight excluding hydrogens is 200 g/mol. The van der Waals surface area contributed by atoms with Crippen molar-refractivity contribution in [1.82, 2.24) is 0 Å². The highest BCUT2D eigenvalue weighted by Gasteiger charge is 1.95. The molecule has 0 aromatic heterocycles. The van der Waals surface area contributed by atoms with Crippen LogP contribution in [0.2, 0.25) is 0 Å². The van der Waals surface area contributed by atoms with Gasteiger partial charge in [-0.1, -0.05) is 37.3 Å². The number of unbranched alkanes of at least 4 members (excludes halogenated alkanes) is 5. The zero-order valence-corrected chi connectivity index (χ0v) is 10.2. The molecule has 0 amide bonds. The molecule has 0 unspecified atom stereocenters. The smallest absolute Gasteiger partial charge is 0.303 e. The van der Waals surface area contributed by atoms with Gasteiger partial charge in [0.15, 0.2) is 0 Å². The van der Waals surface area contributed by atoms with Gasteiger partial charge in [0, 0.05) is 12.8 Å². The van der Waals surface area contributed by atoms with Gasteiger partial charge >= 0.3 is 5.97 Å². The molecule has 1 N–H and O–H groups in total. The monoisotopic (exact) mass is 222 g/mol. The van der Waals surface area contributed by atoms with Crippen LogP contribution < -0.4 is 0 Å². The van der Waals surface area contributed by atoms with E-state index in [9.17, 15) is 4.79 Å². The first-order valence-electron chi connectivity index (χ1n) is 6.03. The Morgan fingerprint density at radius 3 is 2.50 bits per heavy atom. The minimum absolute atomic E-state index is 0.315. The topological polar surface area (TPSA) is 37.3 Å². The molecule has 0 rings (SSSR count). The number of hydrogen-bond acceptors (Lipinski definition) is 1. The maximum absolute atomic E-state index is 10.2. The Balaban J connectivity index is 3.11. The number of hydrogen-bond donors (Lipinski definition) is 1. The molecular formula is C14H22O2. The van der Waals surface area contributed by atoms with E-state index in [1.165, 1.54) is 12.8 Å². The molecule has 0 radical (unpaired) electrons. The molecule has 0 fully saturated rings. The van der Waals surface area contributed by atoms with Crippen molar-refractivity contribution in [2.24, 2.45) is 0 Å². The third kappa shape index (κ3) is 12.8. The zero-order chi connectivity index (χ0) is 12.1. The summed E-state index contributed by atoms with van der Waals surface area (Å²) in [5.74, 6) is 5.16. The Morgan fingerprint density at radius 2 is 1.81 bits per heavy atom. The van der Waals surface area contributed by atoms with Crippen LogP contribution in [0.25, 0.3) is 0 Å².